The van der Waals surface area contributed by atoms with Crippen molar-refractivity contribution < 1.29 is 0 Å². The third kappa shape index (κ3) is 2.79. The zero-order valence-electron chi connectivity index (χ0n) is 10.5. The first kappa shape index (κ1) is 12.4. The third-order valence-corrected chi connectivity index (χ3v) is 2.89. The maximum atomic E-state index is 5.45. The van der Waals surface area contributed by atoms with Crippen LogP contribution in [0.1, 0.15) is 18.9 Å². The molecule has 0 aliphatic rings. The highest BCUT2D eigenvalue weighted by Crippen LogP contribution is 2.13. The molecule has 0 spiro atoms. The summed E-state index contributed by atoms with van der Waals surface area (Å²) in [7, 11) is 0. The number of hydrogen-bond acceptors (Lipinski definition) is 2. The van der Waals surface area contributed by atoms with E-state index in [0.717, 1.165) is 18.7 Å². The minimum absolute atomic E-state index is 0.121. The molecule has 1 heterocycles. The molecule has 2 aromatic rings. The molecule has 18 heavy (non-hydrogen) atoms. The second kappa shape index (κ2) is 6.04. The van der Waals surface area contributed by atoms with Crippen LogP contribution in [0.2, 0.25) is 0 Å². The molecule has 0 aliphatic carbocycles. The molecule has 0 bridgehead atoms. The van der Waals surface area contributed by atoms with Crippen molar-refractivity contribution in [1.82, 2.24) is 15.1 Å². The predicted molar refractivity (Wildman–Crippen MR) is 73.3 cm³/mol. The molecule has 0 aliphatic heterocycles. The van der Waals surface area contributed by atoms with Crippen molar-refractivity contribution in [3.63, 3.8) is 0 Å². The van der Waals surface area contributed by atoms with E-state index >= 15 is 0 Å². The first-order valence-corrected chi connectivity index (χ1v) is 6.12. The van der Waals surface area contributed by atoms with Crippen LogP contribution in [-0.4, -0.2) is 15.8 Å². The largest absolute Gasteiger partial charge is 0.300 e. The van der Waals surface area contributed by atoms with Gasteiger partial charge in [-0.25, -0.2) is 4.68 Å². The molecule has 0 saturated carbocycles. The van der Waals surface area contributed by atoms with Crippen molar-refractivity contribution in [2.24, 2.45) is 0 Å². The average molecular weight is 239 g/mol. The smallest absolute Gasteiger partial charge is 0.0690 e. The molecule has 3 nitrogen and oxygen atoms in total. The summed E-state index contributed by atoms with van der Waals surface area (Å²) >= 11 is 0. The summed E-state index contributed by atoms with van der Waals surface area (Å²) in [6, 6.07) is 10.2. The Balaban J connectivity index is 2.16. The van der Waals surface area contributed by atoms with Gasteiger partial charge in [-0.15, -0.1) is 6.42 Å². The second-order valence-corrected chi connectivity index (χ2v) is 4.09. The Morgan fingerprint density at radius 2 is 2.22 bits per heavy atom. The van der Waals surface area contributed by atoms with E-state index in [-0.39, 0.29) is 6.04 Å². The quantitative estimate of drug-likeness (QED) is 0.812. The number of nitrogens with zero attached hydrogens (tertiary/aromatic N) is 2. The van der Waals surface area contributed by atoms with Gasteiger partial charge in [-0.3, -0.25) is 5.32 Å². The number of benzene rings is 1. The Morgan fingerprint density at radius 1 is 1.39 bits per heavy atom. The van der Waals surface area contributed by atoms with Crippen molar-refractivity contribution in [2.45, 2.75) is 25.9 Å². The lowest BCUT2D eigenvalue weighted by Gasteiger charge is -2.13. The molecular formula is C15H17N3. The van der Waals surface area contributed by atoms with Gasteiger partial charge in [-0.1, -0.05) is 31.0 Å². The van der Waals surface area contributed by atoms with Crippen LogP contribution in [0.5, 0.6) is 0 Å². The highest BCUT2D eigenvalue weighted by atomic mass is 15.3. The van der Waals surface area contributed by atoms with Crippen LogP contribution < -0.4 is 5.32 Å². The molecule has 1 aromatic carbocycles. The van der Waals surface area contributed by atoms with Crippen LogP contribution in [0.15, 0.2) is 42.7 Å². The normalized spacial score (nSPS) is 12.0. The topological polar surface area (TPSA) is 29.9 Å². The van der Waals surface area contributed by atoms with Gasteiger partial charge >= 0.3 is 0 Å². The molecule has 1 N–H and O–H groups in total. The fourth-order valence-corrected chi connectivity index (χ4v) is 1.85. The van der Waals surface area contributed by atoms with Crippen molar-refractivity contribution in [3.8, 4) is 18.0 Å². The Bertz CT molecular complexity index is 523. The molecule has 0 amide bonds. The standard InChI is InChI=1S/C15H17N3/c1-3-14(4-2)16-12-13-8-5-6-9-15(13)18-11-7-10-17-18/h1,5-11,14,16H,4,12H2,2H3. The van der Waals surface area contributed by atoms with Gasteiger partial charge < -0.3 is 0 Å². The summed E-state index contributed by atoms with van der Waals surface area (Å²) in [6.45, 7) is 2.83. The average Bonchev–Trinajstić information content (AvgIpc) is 2.94. The number of para-hydroxylation sites is 1. The Hall–Kier alpha value is -2.05. The summed E-state index contributed by atoms with van der Waals surface area (Å²) in [5, 5.41) is 7.62. The molecule has 0 saturated heterocycles. The lowest BCUT2D eigenvalue weighted by molar-refractivity contribution is 0.590. The van der Waals surface area contributed by atoms with Crippen LogP contribution in [0.4, 0.5) is 0 Å². The van der Waals surface area contributed by atoms with Crippen LogP contribution in [0, 0.1) is 12.3 Å². The Morgan fingerprint density at radius 3 is 2.89 bits per heavy atom. The van der Waals surface area contributed by atoms with E-state index in [9.17, 15) is 0 Å². The van der Waals surface area contributed by atoms with Crippen LogP contribution >= 0.6 is 0 Å². The number of rotatable bonds is 5. The lowest BCUT2D eigenvalue weighted by atomic mass is 10.1. The van der Waals surface area contributed by atoms with Crippen molar-refractivity contribution >= 4 is 0 Å². The van der Waals surface area contributed by atoms with Gasteiger partial charge in [0.1, 0.15) is 0 Å². The number of terminal acetylenes is 1. The van der Waals surface area contributed by atoms with Gasteiger partial charge in [0.05, 0.1) is 11.7 Å². The second-order valence-electron chi connectivity index (χ2n) is 4.09. The molecule has 92 valence electrons. The first-order valence-electron chi connectivity index (χ1n) is 6.12. The van der Waals surface area contributed by atoms with Gasteiger partial charge in [-0.05, 0) is 24.1 Å². The fourth-order valence-electron chi connectivity index (χ4n) is 1.85. The minimum Gasteiger partial charge on any atom is -0.300 e. The van der Waals surface area contributed by atoms with Crippen LogP contribution in [-0.2, 0) is 6.54 Å². The van der Waals surface area contributed by atoms with E-state index in [2.05, 4.69) is 35.4 Å². The molecule has 1 atom stereocenters. The van der Waals surface area contributed by atoms with E-state index in [1.165, 1.54) is 5.56 Å². The van der Waals surface area contributed by atoms with Gasteiger partial charge in [0.15, 0.2) is 0 Å². The summed E-state index contributed by atoms with van der Waals surface area (Å²) in [5.41, 5.74) is 2.27. The monoisotopic (exact) mass is 239 g/mol. The van der Waals surface area contributed by atoms with Gasteiger partial charge in [0, 0.05) is 18.9 Å². The van der Waals surface area contributed by atoms with Crippen LogP contribution in [0.3, 0.4) is 0 Å². The SMILES string of the molecule is C#CC(CC)NCc1ccccc1-n1cccn1. The fraction of sp³-hybridized carbons (Fsp3) is 0.267. The van der Waals surface area contributed by atoms with Gasteiger partial charge in [0.2, 0.25) is 0 Å². The van der Waals surface area contributed by atoms with E-state index in [0.29, 0.717) is 0 Å². The van der Waals surface area contributed by atoms with E-state index < -0.39 is 0 Å². The van der Waals surface area contributed by atoms with E-state index in [1.807, 2.05) is 29.1 Å². The highest BCUT2D eigenvalue weighted by Gasteiger charge is 2.06. The number of hydrogen-bond donors (Lipinski definition) is 1. The van der Waals surface area contributed by atoms with Gasteiger partial charge in [-0.2, -0.15) is 5.10 Å². The molecule has 0 radical (unpaired) electrons. The van der Waals surface area contributed by atoms with Crippen LogP contribution in [0.25, 0.3) is 5.69 Å². The van der Waals surface area contributed by atoms with Crippen molar-refractivity contribution in [1.29, 1.82) is 0 Å². The molecule has 1 aromatic heterocycles. The highest BCUT2D eigenvalue weighted by molar-refractivity contribution is 5.40. The maximum Gasteiger partial charge on any atom is 0.0690 e. The third-order valence-electron chi connectivity index (χ3n) is 2.89. The molecule has 3 heteroatoms. The summed E-state index contributed by atoms with van der Waals surface area (Å²) in [6.07, 6.45) is 10.1. The molecule has 0 fully saturated rings. The lowest BCUT2D eigenvalue weighted by Crippen LogP contribution is -2.26. The summed E-state index contributed by atoms with van der Waals surface area (Å²) in [5.74, 6) is 2.74. The molecular weight excluding hydrogens is 222 g/mol. The minimum atomic E-state index is 0.121. The Labute approximate surface area is 108 Å². The number of nitrogens with one attached hydrogen (secondary N) is 1. The zero-order valence-corrected chi connectivity index (χ0v) is 10.5. The van der Waals surface area contributed by atoms with E-state index in [4.69, 9.17) is 6.42 Å². The van der Waals surface area contributed by atoms with E-state index in [1.54, 1.807) is 6.20 Å². The molecule has 2 rings (SSSR count). The first-order chi connectivity index (χ1) is 8.85. The summed E-state index contributed by atoms with van der Waals surface area (Å²) < 4.78 is 1.87. The number of aromatic nitrogens is 2. The van der Waals surface area contributed by atoms with Crippen molar-refractivity contribution in [2.75, 3.05) is 0 Å². The maximum absolute atomic E-state index is 5.45. The summed E-state index contributed by atoms with van der Waals surface area (Å²) in [4.78, 5) is 0. The Kier molecular flexibility index (Phi) is 4.16. The van der Waals surface area contributed by atoms with Crippen molar-refractivity contribution in [3.05, 3.63) is 48.3 Å². The predicted octanol–water partition coefficient (Wildman–Crippen LogP) is 2.37. The zero-order chi connectivity index (χ0) is 12.8. The van der Waals surface area contributed by atoms with Gasteiger partial charge in [0.25, 0.3) is 0 Å². The molecule has 1 unspecified atom stereocenters.